The molecule has 7 nitrogen and oxygen atoms in total. The lowest BCUT2D eigenvalue weighted by molar-refractivity contribution is -0.143. The molecule has 27 heavy (non-hydrogen) atoms. The topological polar surface area (TPSA) is 104 Å². The molecule has 0 saturated carbocycles. The number of nitrogens with one attached hydrogen (secondary N) is 1. The van der Waals surface area contributed by atoms with Crippen LogP contribution in [-0.2, 0) is 19.6 Å². The van der Waals surface area contributed by atoms with Gasteiger partial charge in [-0.2, -0.15) is 4.31 Å². The Morgan fingerprint density at radius 3 is 2.44 bits per heavy atom. The molecule has 0 aliphatic carbocycles. The fourth-order valence-electron chi connectivity index (χ4n) is 3.16. The van der Waals surface area contributed by atoms with Crippen molar-refractivity contribution in [1.82, 2.24) is 9.62 Å². The zero-order valence-electron chi connectivity index (χ0n) is 15.4. The van der Waals surface area contributed by atoms with E-state index in [-0.39, 0.29) is 23.8 Å². The van der Waals surface area contributed by atoms with Crippen molar-refractivity contribution in [3.8, 4) is 0 Å². The van der Waals surface area contributed by atoms with Gasteiger partial charge in [0.2, 0.25) is 15.9 Å². The zero-order valence-corrected chi connectivity index (χ0v) is 16.2. The number of aliphatic carboxylic acids is 1. The van der Waals surface area contributed by atoms with Gasteiger partial charge in [0, 0.05) is 6.54 Å². The highest BCUT2D eigenvalue weighted by molar-refractivity contribution is 7.89. The first-order valence-corrected chi connectivity index (χ1v) is 10.4. The maximum absolute atomic E-state index is 13.1. The molecule has 0 unspecified atom stereocenters. The average Bonchev–Trinajstić information content (AvgIpc) is 2.61. The van der Waals surface area contributed by atoms with Gasteiger partial charge in [0.25, 0.3) is 0 Å². The lowest BCUT2D eigenvalue weighted by atomic mass is 10.0. The number of carboxylic acid groups (broad SMARTS) is 1. The Morgan fingerprint density at radius 1 is 1.26 bits per heavy atom. The van der Waals surface area contributed by atoms with E-state index in [1.807, 2.05) is 13.8 Å². The second-order valence-corrected chi connectivity index (χ2v) is 9.00. The van der Waals surface area contributed by atoms with Crippen molar-refractivity contribution in [1.29, 1.82) is 0 Å². The Morgan fingerprint density at radius 2 is 1.89 bits per heavy atom. The van der Waals surface area contributed by atoms with Crippen LogP contribution in [0.4, 0.5) is 4.39 Å². The quantitative estimate of drug-likeness (QED) is 0.728. The number of sulfonamides is 1. The zero-order chi connectivity index (χ0) is 20.2. The first kappa shape index (κ1) is 21.3. The summed E-state index contributed by atoms with van der Waals surface area (Å²) >= 11 is 0. The van der Waals surface area contributed by atoms with Gasteiger partial charge in [-0.15, -0.1) is 0 Å². The van der Waals surface area contributed by atoms with E-state index >= 15 is 0 Å². The van der Waals surface area contributed by atoms with E-state index in [1.54, 1.807) is 0 Å². The smallest absolute Gasteiger partial charge is 0.326 e. The van der Waals surface area contributed by atoms with Gasteiger partial charge in [-0.3, -0.25) is 4.79 Å². The number of amides is 1. The fourth-order valence-corrected chi connectivity index (χ4v) is 4.81. The van der Waals surface area contributed by atoms with Crippen molar-refractivity contribution in [2.45, 2.75) is 56.5 Å². The summed E-state index contributed by atoms with van der Waals surface area (Å²) in [5, 5.41) is 11.8. The van der Waals surface area contributed by atoms with Crippen molar-refractivity contribution < 1.29 is 27.5 Å². The summed E-state index contributed by atoms with van der Waals surface area (Å²) in [6, 6.07) is 2.36. The van der Waals surface area contributed by atoms with E-state index in [1.165, 1.54) is 0 Å². The maximum atomic E-state index is 13.1. The number of halogens is 1. The average molecular weight is 400 g/mol. The molecule has 0 radical (unpaired) electrons. The minimum absolute atomic E-state index is 0.0526. The van der Waals surface area contributed by atoms with Crippen LogP contribution in [0.5, 0.6) is 0 Å². The van der Waals surface area contributed by atoms with Crippen LogP contribution in [0.15, 0.2) is 29.2 Å². The molecule has 1 amide bonds. The first-order chi connectivity index (χ1) is 12.6. The van der Waals surface area contributed by atoms with E-state index < -0.39 is 39.8 Å². The Bertz CT molecular complexity index is 779. The number of hydrogen-bond acceptors (Lipinski definition) is 4. The van der Waals surface area contributed by atoms with Crippen molar-refractivity contribution >= 4 is 21.9 Å². The number of rotatable bonds is 7. The van der Waals surface area contributed by atoms with E-state index in [2.05, 4.69) is 5.32 Å². The minimum atomic E-state index is -3.99. The molecule has 0 aromatic heterocycles. The van der Waals surface area contributed by atoms with Crippen molar-refractivity contribution in [3.05, 3.63) is 30.1 Å². The number of carbonyl (C=O) groups is 2. The van der Waals surface area contributed by atoms with Crippen molar-refractivity contribution in [2.75, 3.05) is 6.54 Å². The standard InChI is InChI=1S/C18H25FN2O5S/c1-12(2)11-15(18(23)24)20-17(22)16-5-3-4-10-21(16)27(25,26)14-8-6-13(19)7-9-14/h6-9,12,15-16H,3-5,10-11H2,1-2H3,(H,20,22)(H,23,24)/t15-,16-/m0/s1. The third kappa shape index (κ3) is 5.26. The highest BCUT2D eigenvalue weighted by Gasteiger charge is 2.38. The summed E-state index contributed by atoms with van der Waals surface area (Å²) in [4.78, 5) is 24.0. The molecule has 1 heterocycles. The SMILES string of the molecule is CC(C)C[C@H](NC(=O)[C@@H]1CCCCN1S(=O)(=O)c1ccc(F)cc1)C(=O)O. The van der Waals surface area contributed by atoms with Gasteiger partial charge in [-0.05, 0) is 49.4 Å². The molecule has 1 saturated heterocycles. The fraction of sp³-hybridized carbons (Fsp3) is 0.556. The summed E-state index contributed by atoms with van der Waals surface area (Å²) in [6.07, 6.45) is 1.81. The van der Waals surface area contributed by atoms with Gasteiger partial charge in [0.15, 0.2) is 0 Å². The van der Waals surface area contributed by atoms with Crippen LogP contribution in [0.2, 0.25) is 0 Å². The van der Waals surface area contributed by atoms with Gasteiger partial charge < -0.3 is 10.4 Å². The largest absolute Gasteiger partial charge is 0.480 e. The van der Waals surface area contributed by atoms with E-state index in [0.717, 1.165) is 28.6 Å². The Balaban J connectivity index is 2.24. The number of benzene rings is 1. The first-order valence-electron chi connectivity index (χ1n) is 8.93. The molecule has 2 atom stereocenters. The van der Waals surface area contributed by atoms with E-state index in [4.69, 9.17) is 0 Å². The molecule has 1 aromatic carbocycles. The van der Waals surface area contributed by atoms with Crippen LogP contribution >= 0.6 is 0 Å². The highest BCUT2D eigenvalue weighted by atomic mass is 32.2. The van der Waals surface area contributed by atoms with Gasteiger partial charge in [-0.1, -0.05) is 20.3 Å². The molecule has 0 spiro atoms. The predicted molar refractivity (Wildman–Crippen MR) is 97.0 cm³/mol. The van der Waals surface area contributed by atoms with E-state index in [9.17, 15) is 27.5 Å². The van der Waals surface area contributed by atoms with Gasteiger partial charge >= 0.3 is 5.97 Å². The molecular formula is C18H25FN2O5S. The second-order valence-electron chi connectivity index (χ2n) is 7.11. The summed E-state index contributed by atoms with van der Waals surface area (Å²) in [5.41, 5.74) is 0. The molecule has 1 aliphatic heterocycles. The van der Waals surface area contributed by atoms with Gasteiger partial charge in [-0.25, -0.2) is 17.6 Å². The number of piperidine rings is 1. The minimum Gasteiger partial charge on any atom is -0.480 e. The van der Waals surface area contributed by atoms with Crippen LogP contribution < -0.4 is 5.32 Å². The van der Waals surface area contributed by atoms with Gasteiger partial charge in [0.1, 0.15) is 17.9 Å². The Hall–Kier alpha value is -2.00. The molecule has 2 rings (SSSR count). The molecule has 9 heteroatoms. The number of hydrogen-bond donors (Lipinski definition) is 2. The van der Waals surface area contributed by atoms with Crippen LogP contribution in [0.1, 0.15) is 39.5 Å². The lowest BCUT2D eigenvalue weighted by Crippen LogP contribution is -2.55. The van der Waals surface area contributed by atoms with Crippen LogP contribution in [0.3, 0.4) is 0 Å². The molecule has 150 valence electrons. The summed E-state index contributed by atoms with van der Waals surface area (Å²) < 4.78 is 40.0. The van der Waals surface area contributed by atoms with Crippen LogP contribution in [0, 0.1) is 11.7 Å². The van der Waals surface area contributed by atoms with Crippen molar-refractivity contribution in [3.63, 3.8) is 0 Å². The Labute approximate surface area is 158 Å². The van der Waals surface area contributed by atoms with E-state index in [0.29, 0.717) is 19.3 Å². The summed E-state index contributed by atoms with van der Waals surface area (Å²) in [7, 11) is -3.99. The third-order valence-electron chi connectivity index (χ3n) is 4.50. The predicted octanol–water partition coefficient (Wildman–Crippen LogP) is 1.98. The molecule has 0 bridgehead atoms. The molecule has 1 fully saturated rings. The Kier molecular flexibility index (Phi) is 6.94. The van der Waals surface area contributed by atoms with Crippen LogP contribution in [0.25, 0.3) is 0 Å². The van der Waals surface area contributed by atoms with Gasteiger partial charge in [0.05, 0.1) is 4.90 Å². The lowest BCUT2D eigenvalue weighted by Gasteiger charge is -2.34. The monoisotopic (exact) mass is 400 g/mol. The summed E-state index contributed by atoms with van der Waals surface area (Å²) in [6.45, 7) is 3.84. The van der Waals surface area contributed by atoms with Crippen LogP contribution in [-0.4, -0.2) is 48.3 Å². The number of carboxylic acids is 1. The number of carbonyl (C=O) groups excluding carboxylic acids is 1. The normalized spacial score (nSPS) is 19.6. The molecule has 1 aromatic rings. The summed E-state index contributed by atoms with van der Waals surface area (Å²) in [5.74, 6) is -2.27. The third-order valence-corrected chi connectivity index (χ3v) is 6.42. The second kappa shape index (κ2) is 8.79. The molecule has 2 N–H and O–H groups in total. The number of nitrogens with zero attached hydrogens (tertiary/aromatic N) is 1. The highest BCUT2D eigenvalue weighted by Crippen LogP contribution is 2.26. The molecular weight excluding hydrogens is 375 g/mol. The van der Waals surface area contributed by atoms with Crippen molar-refractivity contribution in [2.24, 2.45) is 5.92 Å². The molecule has 1 aliphatic rings. The maximum Gasteiger partial charge on any atom is 0.326 e.